The largest absolute Gasteiger partial charge is 0.374 e. The van der Waals surface area contributed by atoms with Crippen LogP contribution in [0, 0.1) is 0 Å². The van der Waals surface area contributed by atoms with Crippen molar-refractivity contribution in [2.75, 3.05) is 12.4 Å². The first-order chi connectivity index (χ1) is 11.1. The first kappa shape index (κ1) is 15.6. The predicted octanol–water partition coefficient (Wildman–Crippen LogP) is 3.63. The van der Waals surface area contributed by atoms with E-state index in [1.807, 2.05) is 44.3 Å². The molecule has 23 heavy (non-hydrogen) atoms. The molecule has 2 aromatic rings. The van der Waals surface area contributed by atoms with Crippen molar-refractivity contribution in [3.05, 3.63) is 65.2 Å². The second-order valence-electron chi connectivity index (χ2n) is 6.38. The van der Waals surface area contributed by atoms with E-state index in [0.717, 1.165) is 17.7 Å². The number of carbonyl (C=O) groups excluding carboxylic acids is 1. The van der Waals surface area contributed by atoms with Crippen LogP contribution in [0.25, 0.3) is 0 Å². The number of aryl methyl sites for hydroxylation is 2. The Labute approximate surface area is 138 Å². The molecule has 3 rings (SSSR count). The molecule has 1 aliphatic carbocycles. The summed E-state index contributed by atoms with van der Waals surface area (Å²) in [5.41, 5.74) is 5.07. The van der Waals surface area contributed by atoms with Crippen LogP contribution in [-0.2, 0) is 24.2 Å². The number of hydrogen-bond donors (Lipinski definition) is 1. The third-order valence-corrected chi connectivity index (χ3v) is 4.49. The van der Waals surface area contributed by atoms with Gasteiger partial charge in [0.25, 0.3) is 0 Å². The van der Waals surface area contributed by atoms with Crippen LogP contribution in [0.15, 0.2) is 48.5 Å². The minimum absolute atomic E-state index is 0.106. The van der Waals surface area contributed by atoms with E-state index in [-0.39, 0.29) is 11.9 Å². The third-order valence-electron chi connectivity index (χ3n) is 4.49. The van der Waals surface area contributed by atoms with Crippen LogP contribution >= 0.6 is 0 Å². The summed E-state index contributed by atoms with van der Waals surface area (Å²) < 4.78 is 0. The lowest BCUT2D eigenvalue weighted by Gasteiger charge is -2.23. The lowest BCUT2D eigenvalue weighted by molar-refractivity contribution is -0.130. The monoisotopic (exact) mass is 308 g/mol. The van der Waals surface area contributed by atoms with E-state index in [0.29, 0.717) is 6.54 Å². The molecule has 3 heteroatoms. The summed E-state index contributed by atoms with van der Waals surface area (Å²) in [4.78, 5) is 14.3. The maximum Gasteiger partial charge on any atom is 0.244 e. The van der Waals surface area contributed by atoms with Crippen LogP contribution in [0.2, 0.25) is 0 Å². The van der Waals surface area contributed by atoms with Gasteiger partial charge in [-0.2, -0.15) is 0 Å². The smallest absolute Gasteiger partial charge is 0.244 e. The zero-order valence-electron chi connectivity index (χ0n) is 13.9. The zero-order chi connectivity index (χ0) is 16.2. The van der Waals surface area contributed by atoms with Gasteiger partial charge in [-0.05, 0) is 55.0 Å². The van der Waals surface area contributed by atoms with Crippen molar-refractivity contribution in [2.45, 2.75) is 38.8 Å². The number of anilines is 1. The molecule has 0 aromatic heterocycles. The number of nitrogens with one attached hydrogen (secondary N) is 1. The Kier molecular flexibility index (Phi) is 4.65. The standard InChI is InChI=1S/C20H24N2O/c1-15(20(23)22(2)14-16-7-4-3-5-8-16)21-19-12-11-17-9-6-10-18(17)13-19/h3-5,7-8,11-13,15,21H,6,9-10,14H2,1-2H3/t15-/m1/s1. The van der Waals surface area contributed by atoms with E-state index in [1.54, 1.807) is 4.90 Å². The number of carbonyl (C=O) groups is 1. The van der Waals surface area contributed by atoms with E-state index >= 15 is 0 Å². The van der Waals surface area contributed by atoms with Gasteiger partial charge in [-0.1, -0.05) is 36.4 Å². The lowest BCUT2D eigenvalue weighted by atomic mass is 10.1. The quantitative estimate of drug-likeness (QED) is 0.914. The molecule has 0 heterocycles. The van der Waals surface area contributed by atoms with Gasteiger partial charge in [-0.25, -0.2) is 0 Å². The molecule has 1 aliphatic rings. The molecule has 0 bridgehead atoms. The third kappa shape index (κ3) is 3.73. The molecule has 0 spiro atoms. The molecule has 0 radical (unpaired) electrons. The molecule has 1 amide bonds. The maximum absolute atomic E-state index is 12.5. The highest BCUT2D eigenvalue weighted by Gasteiger charge is 2.18. The molecule has 1 N–H and O–H groups in total. The van der Waals surface area contributed by atoms with Crippen molar-refractivity contribution in [1.29, 1.82) is 0 Å². The average Bonchev–Trinajstić information content (AvgIpc) is 3.02. The number of benzene rings is 2. The molecule has 1 atom stereocenters. The van der Waals surface area contributed by atoms with Crippen molar-refractivity contribution in [3.8, 4) is 0 Å². The Morgan fingerprint density at radius 1 is 1.13 bits per heavy atom. The van der Waals surface area contributed by atoms with E-state index in [1.165, 1.54) is 24.0 Å². The van der Waals surface area contributed by atoms with Gasteiger partial charge in [0, 0.05) is 19.3 Å². The number of hydrogen-bond acceptors (Lipinski definition) is 2. The van der Waals surface area contributed by atoms with Crippen molar-refractivity contribution < 1.29 is 4.79 Å². The zero-order valence-corrected chi connectivity index (χ0v) is 13.9. The first-order valence-electron chi connectivity index (χ1n) is 8.31. The summed E-state index contributed by atoms with van der Waals surface area (Å²) in [6, 6.07) is 16.3. The molecule has 0 aliphatic heterocycles. The lowest BCUT2D eigenvalue weighted by Crippen LogP contribution is -2.38. The predicted molar refractivity (Wildman–Crippen MR) is 94.5 cm³/mol. The molecule has 0 fully saturated rings. The second-order valence-corrected chi connectivity index (χ2v) is 6.38. The summed E-state index contributed by atoms with van der Waals surface area (Å²) in [5.74, 6) is 0.106. The maximum atomic E-state index is 12.5. The molecular formula is C20H24N2O. The van der Waals surface area contributed by atoms with Gasteiger partial charge in [0.05, 0.1) is 0 Å². The summed E-state index contributed by atoms with van der Waals surface area (Å²) in [6.07, 6.45) is 3.58. The molecular weight excluding hydrogens is 284 g/mol. The van der Waals surface area contributed by atoms with E-state index in [2.05, 4.69) is 23.5 Å². The molecule has 2 aromatic carbocycles. The highest BCUT2D eigenvalue weighted by Crippen LogP contribution is 2.25. The fourth-order valence-corrected chi connectivity index (χ4v) is 3.24. The SMILES string of the molecule is C[C@@H](Nc1ccc2c(c1)CCC2)C(=O)N(C)Cc1ccccc1. The molecule has 3 nitrogen and oxygen atoms in total. The van der Waals surface area contributed by atoms with Crippen molar-refractivity contribution in [3.63, 3.8) is 0 Å². The van der Waals surface area contributed by atoms with Gasteiger partial charge in [-0.15, -0.1) is 0 Å². The highest BCUT2D eigenvalue weighted by molar-refractivity contribution is 5.84. The van der Waals surface area contributed by atoms with Gasteiger partial charge in [0.15, 0.2) is 0 Å². The van der Waals surface area contributed by atoms with E-state index in [4.69, 9.17) is 0 Å². The van der Waals surface area contributed by atoms with Gasteiger partial charge in [-0.3, -0.25) is 4.79 Å². The first-order valence-corrected chi connectivity index (χ1v) is 8.31. The van der Waals surface area contributed by atoms with Gasteiger partial charge >= 0.3 is 0 Å². The van der Waals surface area contributed by atoms with E-state index < -0.39 is 0 Å². The van der Waals surface area contributed by atoms with Gasteiger partial charge < -0.3 is 10.2 Å². The van der Waals surface area contributed by atoms with Gasteiger partial charge in [0.1, 0.15) is 6.04 Å². The minimum Gasteiger partial charge on any atom is -0.374 e. The van der Waals surface area contributed by atoms with Crippen LogP contribution in [0.3, 0.4) is 0 Å². The van der Waals surface area contributed by atoms with Crippen LogP contribution in [0.4, 0.5) is 5.69 Å². The Balaban J connectivity index is 1.61. The Bertz CT molecular complexity index is 681. The molecule has 120 valence electrons. The summed E-state index contributed by atoms with van der Waals surface area (Å²) in [6.45, 7) is 2.56. The average molecular weight is 308 g/mol. The Morgan fingerprint density at radius 3 is 2.65 bits per heavy atom. The van der Waals surface area contributed by atoms with Crippen LogP contribution in [0.5, 0.6) is 0 Å². The summed E-state index contributed by atoms with van der Waals surface area (Å²) >= 11 is 0. The molecule has 0 unspecified atom stereocenters. The normalized spacial score (nSPS) is 14.2. The highest BCUT2D eigenvalue weighted by atomic mass is 16.2. The second kappa shape index (κ2) is 6.86. The van der Waals surface area contributed by atoms with Crippen molar-refractivity contribution in [1.82, 2.24) is 4.90 Å². The summed E-state index contributed by atoms with van der Waals surface area (Å²) in [7, 11) is 1.86. The molecule has 0 saturated carbocycles. The van der Waals surface area contributed by atoms with Crippen LogP contribution in [0.1, 0.15) is 30.0 Å². The Hall–Kier alpha value is -2.29. The minimum atomic E-state index is -0.233. The number of amides is 1. The van der Waals surface area contributed by atoms with E-state index in [9.17, 15) is 4.79 Å². The molecule has 0 saturated heterocycles. The van der Waals surface area contributed by atoms with Gasteiger partial charge in [0.2, 0.25) is 5.91 Å². The number of fused-ring (bicyclic) bond motifs is 1. The topological polar surface area (TPSA) is 32.3 Å². The number of likely N-dealkylation sites (N-methyl/N-ethyl adjacent to an activating group) is 1. The Morgan fingerprint density at radius 2 is 1.87 bits per heavy atom. The number of nitrogens with zero attached hydrogens (tertiary/aromatic N) is 1. The fourth-order valence-electron chi connectivity index (χ4n) is 3.24. The van der Waals surface area contributed by atoms with Crippen molar-refractivity contribution in [2.24, 2.45) is 0 Å². The van der Waals surface area contributed by atoms with Crippen LogP contribution in [-0.4, -0.2) is 23.9 Å². The van der Waals surface area contributed by atoms with Crippen molar-refractivity contribution >= 4 is 11.6 Å². The van der Waals surface area contributed by atoms with Crippen LogP contribution < -0.4 is 5.32 Å². The summed E-state index contributed by atoms with van der Waals surface area (Å²) in [5, 5.41) is 3.35. The fraction of sp³-hybridized carbons (Fsp3) is 0.350. The number of rotatable bonds is 5.